The number of carbonyl (C=O) groups excluding carboxylic acids is 2. The number of ketones is 1. The second-order valence-electron chi connectivity index (χ2n) is 4.38. The van der Waals surface area contributed by atoms with Gasteiger partial charge in [-0.15, -0.1) is 0 Å². The molecule has 2 aromatic rings. The molecule has 0 bridgehead atoms. The number of pyridine rings is 1. The lowest BCUT2D eigenvalue weighted by Crippen LogP contribution is -2.46. The molecule has 0 aliphatic carbocycles. The molecule has 0 spiro atoms. The van der Waals surface area contributed by atoms with Gasteiger partial charge in [0.15, 0.2) is 5.75 Å². The van der Waals surface area contributed by atoms with Gasteiger partial charge in [-0.05, 0) is 12.1 Å². The van der Waals surface area contributed by atoms with Crippen LogP contribution in [-0.2, 0) is 11.8 Å². The van der Waals surface area contributed by atoms with Gasteiger partial charge in [-0.1, -0.05) is 35.3 Å². The van der Waals surface area contributed by atoms with E-state index in [0.717, 1.165) is 0 Å². The second kappa shape index (κ2) is 4.07. The van der Waals surface area contributed by atoms with E-state index in [4.69, 9.17) is 27.9 Å². The molecular weight excluding hydrogens is 305 g/mol. The number of benzene rings is 1. The topological polar surface area (TPSA) is 65.4 Å². The minimum absolute atomic E-state index is 0.0874. The zero-order chi connectivity index (χ0) is 14.7. The number of hydrogen-bond donors (Lipinski definition) is 0. The summed E-state index contributed by atoms with van der Waals surface area (Å²) in [6.07, 6.45) is 0. The van der Waals surface area contributed by atoms with Crippen LogP contribution in [0.4, 0.5) is 0 Å². The molecule has 0 N–H and O–H groups in total. The highest BCUT2D eigenvalue weighted by Crippen LogP contribution is 2.38. The average Bonchev–Trinajstić information content (AvgIpc) is 2.42. The van der Waals surface area contributed by atoms with Gasteiger partial charge in [-0.25, -0.2) is 4.79 Å². The molecule has 1 aromatic carbocycles. The Morgan fingerprint density at radius 2 is 1.80 bits per heavy atom. The summed E-state index contributed by atoms with van der Waals surface area (Å²) < 4.78 is 3.93. The van der Waals surface area contributed by atoms with Crippen LogP contribution in [0.5, 0.6) is 5.75 Å². The number of carbonyl (C=O) groups is 2. The lowest BCUT2D eigenvalue weighted by molar-refractivity contribution is -0.134. The fourth-order valence-electron chi connectivity index (χ4n) is 2.18. The molecule has 20 heavy (non-hydrogen) atoms. The Balaban J connectivity index is 2.51. The summed E-state index contributed by atoms with van der Waals surface area (Å²) in [5.74, 6) is -2.15. The Morgan fingerprint density at radius 1 is 1.15 bits per heavy atom. The van der Waals surface area contributed by atoms with Gasteiger partial charge in [0.05, 0.1) is 5.52 Å². The fraction of sp³-hybridized carbons (Fsp3) is 0.154. The quantitative estimate of drug-likeness (QED) is 0.423. The van der Waals surface area contributed by atoms with Crippen LogP contribution < -0.4 is 10.3 Å². The predicted octanol–water partition coefficient (Wildman–Crippen LogP) is 1.81. The number of rotatable bonds is 0. The Morgan fingerprint density at radius 3 is 2.50 bits per heavy atom. The molecule has 1 aliphatic rings. The van der Waals surface area contributed by atoms with Gasteiger partial charge in [0.2, 0.25) is 5.78 Å². The SMILES string of the molecule is Cn1c(=O)c2c(c3ccccc31)OC(=O)C(Cl)(Cl)C2=O. The fourth-order valence-corrected chi connectivity index (χ4v) is 2.45. The molecule has 1 aliphatic heterocycles. The smallest absolute Gasteiger partial charge is 0.356 e. The van der Waals surface area contributed by atoms with Crippen molar-refractivity contribution in [1.29, 1.82) is 0 Å². The lowest BCUT2D eigenvalue weighted by atomic mass is 10.0. The van der Waals surface area contributed by atoms with Crippen molar-refractivity contribution in [3.63, 3.8) is 0 Å². The third kappa shape index (κ3) is 1.53. The number of halogens is 2. The standard InChI is InChI=1S/C13H7Cl2NO4/c1-16-7-5-3-2-4-6(7)9-8(11(16)18)10(17)13(14,15)12(19)20-9/h2-5H,1H3. The zero-order valence-electron chi connectivity index (χ0n) is 10.1. The number of para-hydroxylation sites is 1. The van der Waals surface area contributed by atoms with Gasteiger partial charge in [-0.3, -0.25) is 9.59 Å². The van der Waals surface area contributed by atoms with Crippen LogP contribution in [0.3, 0.4) is 0 Å². The lowest BCUT2D eigenvalue weighted by Gasteiger charge is -2.25. The van der Waals surface area contributed by atoms with Crippen molar-refractivity contribution in [3.05, 3.63) is 40.2 Å². The maximum absolute atomic E-state index is 12.3. The molecule has 5 nitrogen and oxygen atoms in total. The molecule has 2 heterocycles. The van der Waals surface area contributed by atoms with Crippen LogP contribution in [0.2, 0.25) is 0 Å². The Hall–Kier alpha value is -1.85. The van der Waals surface area contributed by atoms with E-state index in [-0.39, 0.29) is 11.3 Å². The molecule has 0 saturated carbocycles. The summed E-state index contributed by atoms with van der Waals surface area (Å²) in [5.41, 5.74) is -0.383. The van der Waals surface area contributed by atoms with Crippen LogP contribution in [0.1, 0.15) is 10.4 Å². The van der Waals surface area contributed by atoms with Gasteiger partial charge >= 0.3 is 5.97 Å². The van der Waals surface area contributed by atoms with E-state index in [1.54, 1.807) is 24.3 Å². The predicted molar refractivity (Wildman–Crippen MR) is 73.6 cm³/mol. The number of nitrogens with zero attached hydrogens (tertiary/aromatic N) is 1. The van der Waals surface area contributed by atoms with E-state index in [1.807, 2.05) is 0 Å². The molecule has 102 valence electrons. The van der Waals surface area contributed by atoms with Gasteiger partial charge in [0.1, 0.15) is 5.56 Å². The molecule has 0 amide bonds. The van der Waals surface area contributed by atoms with E-state index in [1.165, 1.54) is 11.6 Å². The molecule has 0 atom stereocenters. The minimum Gasteiger partial charge on any atom is -0.422 e. The number of Topliss-reactive ketones (excluding diaryl/α,β-unsaturated/α-hetero) is 1. The monoisotopic (exact) mass is 311 g/mol. The van der Waals surface area contributed by atoms with Crippen LogP contribution in [0.15, 0.2) is 29.1 Å². The number of fused-ring (bicyclic) bond motifs is 3. The van der Waals surface area contributed by atoms with Crippen LogP contribution in [-0.4, -0.2) is 20.7 Å². The zero-order valence-corrected chi connectivity index (χ0v) is 11.7. The first kappa shape index (κ1) is 13.1. The van der Waals surface area contributed by atoms with Gasteiger partial charge in [0, 0.05) is 12.4 Å². The maximum atomic E-state index is 12.3. The first-order chi connectivity index (χ1) is 9.35. The van der Waals surface area contributed by atoms with E-state index in [2.05, 4.69) is 0 Å². The number of alkyl halides is 2. The largest absolute Gasteiger partial charge is 0.422 e. The molecule has 7 heteroatoms. The van der Waals surface area contributed by atoms with Crippen LogP contribution in [0, 0.1) is 0 Å². The van der Waals surface area contributed by atoms with E-state index >= 15 is 0 Å². The highest BCUT2D eigenvalue weighted by atomic mass is 35.5. The van der Waals surface area contributed by atoms with Crippen molar-refractivity contribution < 1.29 is 14.3 Å². The third-order valence-corrected chi connectivity index (χ3v) is 3.87. The summed E-state index contributed by atoms with van der Waals surface area (Å²) in [7, 11) is 1.51. The molecule has 1 aromatic heterocycles. The third-order valence-electron chi connectivity index (χ3n) is 3.22. The van der Waals surface area contributed by atoms with Crippen molar-refractivity contribution in [2.24, 2.45) is 7.05 Å². The summed E-state index contributed by atoms with van der Waals surface area (Å²) in [6, 6.07) is 6.75. The first-order valence-electron chi connectivity index (χ1n) is 5.62. The minimum atomic E-state index is -2.39. The summed E-state index contributed by atoms with van der Waals surface area (Å²) in [4.78, 5) is 36.2. The van der Waals surface area contributed by atoms with Gasteiger partial charge in [-0.2, -0.15) is 0 Å². The van der Waals surface area contributed by atoms with Crippen LogP contribution >= 0.6 is 23.2 Å². The van der Waals surface area contributed by atoms with Gasteiger partial charge < -0.3 is 9.30 Å². The molecule has 0 radical (unpaired) electrons. The molecular formula is C13H7Cl2NO4. The highest BCUT2D eigenvalue weighted by Gasteiger charge is 2.51. The Bertz CT molecular complexity index is 838. The number of esters is 1. The van der Waals surface area contributed by atoms with Crippen LogP contribution in [0.25, 0.3) is 10.9 Å². The van der Waals surface area contributed by atoms with Crippen molar-refractivity contribution in [1.82, 2.24) is 4.57 Å². The number of hydrogen-bond acceptors (Lipinski definition) is 4. The van der Waals surface area contributed by atoms with E-state index in [0.29, 0.717) is 10.9 Å². The summed E-state index contributed by atoms with van der Waals surface area (Å²) in [5, 5.41) is 0.468. The maximum Gasteiger partial charge on any atom is 0.356 e. The van der Waals surface area contributed by atoms with Gasteiger partial charge in [0.25, 0.3) is 9.89 Å². The molecule has 0 unspecified atom stereocenters. The van der Waals surface area contributed by atoms with Crippen molar-refractivity contribution in [2.45, 2.75) is 4.33 Å². The first-order valence-corrected chi connectivity index (χ1v) is 6.38. The molecule has 0 saturated heterocycles. The van der Waals surface area contributed by atoms with Crippen molar-refractivity contribution in [3.8, 4) is 5.75 Å². The summed E-state index contributed by atoms with van der Waals surface area (Å²) >= 11 is 11.3. The highest BCUT2D eigenvalue weighted by molar-refractivity contribution is 6.69. The Kier molecular flexibility index (Phi) is 2.68. The Labute approximate surface area is 122 Å². The average molecular weight is 312 g/mol. The molecule has 3 rings (SSSR count). The van der Waals surface area contributed by atoms with Crippen molar-refractivity contribution in [2.75, 3.05) is 0 Å². The van der Waals surface area contributed by atoms with E-state index < -0.39 is 21.6 Å². The normalized spacial score (nSPS) is 16.9. The molecule has 0 fully saturated rings. The number of aromatic nitrogens is 1. The number of aryl methyl sites for hydroxylation is 1. The number of ether oxygens (including phenoxy) is 1. The summed E-state index contributed by atoms with van der Waals surface area (Å²) in [6.45, 7) is 0. The second-order valence-corrected chi connectivity index (χ2v) is 5.71. The van der Waals surface area contributed by atoms with Crippen molar-refractivity contribution >= 4 is 45.9 Å². The van der Waals surface area contributed by atoms with E-state index in [9.17, 15) is 14.4 Å².